The van der Waals surface area contributed by atoms with Crippen molar-refractivity contribution < 1.29 is 0 Å². The second-order valence-electron chi connectivity index (χ2n) is 8.87. The average Bonchev–Trinajstić information content (AvgIpc) is 2.51. The summed E-state index contributed by atoms with van der Waals surface area (Å²) in [6, 6.07) is 14.4. The van der Waals surface area contributed by atoms with E-state index in [1.165, 1.54) is 50.1 Å². The summed E-state index contributed by atoms with van der Waals surface area (Å²) in [5, 5.41) is 0. The first-order chi connectivity index (χ1) is 13.1. The van der Waals surface area contributed by atoms with Gasteiger partial charge < -0.3 is 0 Å². The molecule has 0 aliphatic heterocycles. The summed E-state index contributed by atoms with van der Waals surface area (Å²) in [4.78, 5) is 0. The van der Waals surface area contributed by atoms with Gasteiger partial charge in [0.25, 0.3) is 0 Å². The second-order valence-corrected chi connectivity index (χ2v) is 19.0. The Labute approximate surface area is 180 Å². The van der Waals surface area contributed by atoms with Gasteiger partial charge in [0.05, 0.1) is 0 Å². The van der Waals surface area contributed by atoms with Gasteiger partial charge in [0.15, 0.2) is 0 Å². The molecular weight excluding hydrogens is 529 g/mol. The fourth-order valence-electron chi connectivity index (χ4n) is 5.37. The predicted molar refractivity (Wildman–Crippen MR) is 127 cm³/mol. The molecule has 0 aromatic heterocycles. The molecule has 0 aliphatic carbocycles. The van der Waals surface area contributed by atoms with Gasteiger partial charge >= 0.3 is 181 Å². The quantitative estimate of drug-likeness (QED) is 0.396. The molecule has 0 aliphatic rings. The zero-order chi connectivity index (χ0) is 20.7. The molecule has 28 heavy (non-hydrogen) atoms. The van der Waals surface area contributed by atoms with E-state index >= 15 is 0 Å². The van der Waals surface area contributed by atoms with Crippen LogP contribution in [0, 0.1) is 62.3 Å². The Hall–Kier alpha value is -1.42. The Bertz CT molecular complexity index is 850. The molecular formula is C27H33Tl. The van der Waals surface area contributed by atoms with Gasteiger partial charge in [-0.15, -0.1) is 0 Å². The molecule has 0 saturated carbocycles. The maximum absolute atomic E-state index is 2.73. The van der Waals surface area contributed by atoms with Crippen molar-refractivity contribution in [2.75, 3.05) is 0 Å². The predicted octanol–water partition coefficient (Wildman–Crippen LogP) is 4.98. The third kappa shape index (κ3) is 3.98. The summed E-state index contributed by atoms with van der Waals surface area (Å²) >= 11 is -2.73. The minimum absolute atomic E-state index is 1.38. The van der Waals surface area contributed by atoms with Crippen LogP contribution in [0.15, 0.2) is 36.4 Å². The summed E-state index contributed by atoms with van der Waals surface area (Å²) in [7, 11) is 0. The van der Waals surface area contributed by atoms with Crippen LogP contribution < -0.4 is 9.37 Å². The van der Waals surface area contributed by atoms with Crippen molar-refractivity contribution >= 4 is 32.1 Å². The van der Waals surface area contributed by atoms with Gasteiger partial charge in [0.1, 0.15) is 0 Å². The van der Waals surface area contributed by atoms with Gasteiger partial charge in [-0.1, -0.05) is 0 Å². The first kappa shape index (κ1) is 21.3. The number of hydrogen-bond donors (Lipinski definition) is 0. The van der Waals surface area contributed by atoms with Crippen molar-refractivity contribution in [3.8, 4) is 0 Å². The van der Waals surface area contributed by atoms with E-state index < -0.39 is 22.7 Å². The van der Waals surface area contributed by atoms with Crippen LogP contribution in [-0.4, -0.2) is 22.7 Å². The molecule has 3 aromatic carbocycles. The molecule has 0 radical (unpaired) electrons. The summed E-state index contributed by atoms with van der Waals surface area (Å²) in [5.41, 5.74) is 13.1. The second kappa shape index (κ2) is 8.14. The Morgan fingerprint density at radius 2 is 0.536 bits per heavy atom. The van der Waals surface area contributed by atoms with Crippen molar-refractivity contribution in [3.63, 3.8) is 0 Å². The molecule has 0 unspecified atom stereocenters. The Kier molecular flexibility index (Phi) is 6.19. The van der Waals surface area contributed by atoms with Gasteiger partial charge in [-0.3, -0.25) is 0 Å². The van der Waals surface area contributed by atoms with Crippen molar-refractivity contribution in [1.82, 2.24) is 0 Å². The van der Waals surface area contributed by atoms with Crippen molar-refractivity contribution in [3.05, 3.63) is 86.5 Å². The SMILES string of the molecule is Cc1cc(C)[c]([Tl]([c]2c(C)cc(C)cc2C)[c]2c(C)cc(C)cc2C)c(C)c1. The van der Waals surface area contributed by atoms with Crippen LogP contribution in [0.25, 0.3) is 0 Å². The van der Waals surface area contributed by atoms with Gasteiger partial charge in [-0.05, 0) is 0 Å². The number of hydrogen-bond acceptors (Lipinski definition) is 0. The summed E-state index contributed by atoms with van der Waals surface area (Å²) in [5.74, 6) is 0. The Morgan fingerprint density at radius 3 is 0.714 bits per heavy atom. The monoisotopic (exact) mass is 562 g/mol. The zero-order valence-corrected chi connectivity index (χ0v) is 23.5. The molecule has 0 amide bonds. The molecule has 0 spiro atoms. The van der Waals surface area contributed by atoms with E-state index in [1.807, 2.05) is 0 Å². The number of rotatable bonds is 3. The maximum atomic E-state index is 2.40. The van der Waals surface area contributed by atoms with Crippen molar-refractivity contribution in [2.24, 2.45) is 0 Å². The van der Waals surface area contributed by atoms with Crippen LogP contribution in [0.5, 0.6) is 0 Å². The van der Waals surface area contributed by atoms with E-state index in [4.69, 9.17) is 0 Å². The van der Waals surface area contributed by atoms with E-state index in [0.717, 1.165) is 0 Å². The molecule has 0 nitrogen and oxygen atoms in total. The fourth-order valence-corrected chi connectivity index (χ4v) is 21.3. The van der Waals surface area contributed by atoms with E-state index in [2.05, 4.69) is 98.7 Å². The molecule has 0 fully saturated rings. The van der Waals surface area contributed by atoms with Crippen LogP contribution in [-0.2, 0) is 0 Å². The van der Waals surface area contributed by atoms with Gasteiger partial charge in [-0.2, -0.15) is 0 Å². The average molecular weight is 562 g/mol. The van der Waals surface area contributed by atoms with Crippen molar-refractivity contribution in [2.45, 2.75) is 62.3 Å². The molecule has 0 atom stereocenters. The first-order valence-electron chi connectivity index (χ1n) is 10.3. The third-order valence-electron chi connectivity index (χ3n) is 6.08. The standard InChI is InChI=1S/3C9H11.Tl/c3*1-7-4-8(2)6-9(3)5-7;/h3*4-5H,1-3H3;. The molecule has 0 heterocycles. The molecule has 3 rings (SSSR count). The van der Waals surface area contributed by atoms with E-state index in [-0.39, 0.29) is 0 Å². The minimum atomic E-state index is -2.73. The van der Waals surface area contributed by atoms with E-state index in [9.17, 15) is 0 Å². The van der Waals surface area contributed by atoms with Crippen LogP contribution in [0.4, 0.5) is 0 Å². The molecule has 0 saturated heterocycles. The summed E-state index contributed by atoms with van der Waals surface area (Å²) in [6.07, 6.45) is 0. The summed E-state index contributed by atoms with van der Waals surface area (Å²) < 4.78 is 5.07. The topological polar surface area (TPSA) is 0 Å². The van der Waals surface area contributed by atoms with Gasteiger partial charge in [0, 0.05) is 0 Å². The van der Waals surface area contributed by atoms with E-state index in [0.29, 0.717) is 0 Å². The van der Waals surface area contributed by atoms with Crippen molar-refractivity contribution in [1.29, 1.82) is 0 Å². The van der Waals surface area contributed by atoms with Crippen LogP contribution in [0.1, 0.15) is 50.1 Å². The Morgan fingerprint density at radius 1 is 0.357 bits per heavy atom. The van der Waals surface area contributed by atoms with Gasteiger partial charge in [-0.25, -0.2) is 0 Å². The van der Waals surface area contributed by atoms with Crippen LogP contribution in [0.2, 0.25) is 0 Å². The molecule has 0 N–H and O–H groups in total. The Balaban J connectivity index is 2.45. The molecule has 1 heteroatoms. The number of aryl methyl sites for hydroxylation is 9. The third-order valence-corrected chi connectivity index (χ3v) is 23.4. The molecule has 3 aromatic rings. The zero-order valence-electron chi connectivity index (χ0n) is 19.0. The first-order valence-corrected chi connectivity index (χ1v) is 17.1. The summed E-state index contributed by atoms with van der Waals surface area (Å²) in [6.45, 7) is 20.7. The van der Waals surface area contributed by atoms with Crippen LogP contribution >= 0.6 is 0 Å². The van der Waals surface area contributed by atoms with E-state index in [1.54, 1.807) is 9.37 Å². The van der Waals surface area contributed by atoms with Crippen LogP contribution in [0.3, 0.4) is 0 Å². The number of benzene rings is 3. The molecule has 0 bridgehead atoms. The fraction of sp³-hybridized carbons (Fsp3) is 0.333. The molecule has 144 valence electrons. The normalized spacial score (nSPS) is 11.0. The van der Waals surface area contributed by atoms with Gasteiger partial charge in [0.2, 0.25) is 0 Å².